The van der Waals surface area contributed by atoms with Crippen LogP contribution >= 0.6 is 11.8 Å². The van der Waals surface area contributed by atoms with E-state index in [1.165, 1.54) is 0 Å². The molecule has 2 amide bonds. The van der Waals surface area contributed by atoms with Crippen LogP contribution in [0.3, 0.4) is 0 Å². The fourth-order valence-electron chi connectivity index (χ4n) is 3.07. The molecule has 0 saturated carbocycles. The number of rotatable bonds is 10. The average molecular weight is 420 g/mol. The van der Waals surface area contributed by atoms with Crippen LogP contribution in [0.4, 0.5) is 0 Å². The lowest BCUT2D eigenvalue weighted by atomic mass is 9.96. The molecular weight excluding hydrogens is 390 g/mol. The van der Waals surface area contributed by atoms with Crippen molar-refractivity contribution in [1.82, 2.24) is 10.2 Å². The molecule has 0 aromatic heterocycles. The predicted octanol–water partition coefficient (Wildman–Crippen LogP) is 2.72. The summed E-state index contributed by atoms with van der Waals surface area (Å²) in [7, 11) is 1.60. The van der Waals surface area contributed by atoms with Gasteiger partial charge in [-0.1, -0.05) is 0 Å². The number of benzene rings is 1. The first-order valence-electron chi connectivity index (χ1n) is 9.58. The molecule has 158 valence electrons. The van der Waals surface area contributed by atoms with Crippen LogP contribution in [0.1, 0.15) is 19.3 Å². The number of thioether (sulfide) groups is 1. The zero-order chi connectivity index (χ0) is 21.1. The third-order valence-electron chi connectivity index (χ3n) is 4.78. The SMILES string of the molecule is C=N/C(=C\SC)CCNC(=O)C1CCN(C(=O)COc2ccc(OC)cc2)CC1. The molecule has 1 N–H and O–H groups in total. The molecule has 7 nitrogen and oxygen atoms in total. The van der Waals surface area contributed by atoms with E-state index in [0.717, 1.165) is 11.4 Å². The van der Waals surface area contributed by atoms with Gasteiger partial charge in [0.1, 0.15) is 11.5 Å². The Kier molecular flexibility index (Phi) is 9.56. The van der Waals surface area contributed by atoms with E-state index in [1.807, 2.05) is 11.7 Å². The van der Waals surface area contributed by atoms with Crippen LogP contribution < -0.4 is 14.8 Å². The zero-order valence-electron chi connectivity index (χ0n) is 17.1. The van der Waals surface area contributed by atoms with E-state index in [-0.39, 0.29) is 24.3 Å². The van der Waals surface area contributed by atoms with Gasteiger partial charge in [0.05, 0.1) is 7.11 Å². The van der Waals surface area contributed by atoms with Crippen molar-refractivity contribution in [3.05, 3.63) is 35.4 Å². The molecule has 1 aliphatic heterocycles. The van der Waals surface area contributed by atoms with Crippen LogP contribution in [0.25, 0.3) is 0 Å². The lowest BCUT2D eigenvalue weighted by Crippen LogP contribution is -2.44. The topological polar surface area (TPSA) is 80.2 Å². The normalized spacial score (nSPS) is 15.0. The summed E-state index contributed by atoms with van der Waals surface area (Å²) in [6, 6.07) is 7.11. The average Bonchev–Trinajstić information content (AvgIpc) is 2.77. The molecule has 1 aromatic rings. The van der Waals surface area contributed by atoms with Crippen LogP contribution in [0.15, 0.2) is 40.4 Å². The van der Waals surface area contributed by atoms with E-state index in [4.69, 9.17) is 9.47 Å². The number of likely N-dealkylation sites (tertiary alicyclic amines) is 1. The summed E-state index contributed by atoms with van der Waals surface area (Å²) in [6.07, 6.45) is 3.94. The van der Waals surface area contributed by atoms with Gasteiger partial charge < -0.3 is 19.7 Å². The molecular formula is C21H29N3O4S. The van der Waals surface area contributed by atoms with E-state index in [1.54, 1.807) is 48.0 Å². The molecule has 8 heteroatoms. The maximum atomic E-state index is 12.4. The fourth-order valence-corrected chi connectivity index (χ4v) is 3.53. The van der Waals surface area contributed by atoms with Gasteiger partial charge in [-0.15, -0.1) is 11.8 Å². The second kappa shape index (κ2) is 12.2. The number of carbonyl (C=O) groups excluding carboxylic acids is 2. The summed E-state index contributed by atoms with van der Waals surface area (Å²) < 4.78 is 10.7. The highest BCUT2D eigenvalue weighted by Gasteiger charge is 2.27. The molecule has 1 fully saturated rings. The number of nitrogens with zero attached hydrogens (tertiary/aromatic N) is 2. The van der Waals surface area contributed by atoms with Gasteiger partial charge >= 0.3 is 0 Å². The van der Waals surface area contributed by atoms with E-state index in [9.17, 15) is 9.59 Å². The van der Waals surface area contributed by atoms with Gasteiger partial charge in [0, 0.05) is 37.7 Å². The van der Waals surface area contributed by atoms with Crippen LogP contribution in [-0.4, -0.2) is 63.0 Å². The van der Waals surface area contributed by atoms with Crippen LogP contribution in [0, 0.1) is 5.92 Å². The minimum Gasteiger partial charge on any atom is -0.497 e. The Labute approximate surface area is 176 Å². The van der Waals surface area contributed by atoms with E-state index < -0.39 is 0 Å². The van der Waals surface area contributed by atoms with Crippen molar-refractivity contribution in [2.24, 2.45) is 10.9 Å². The Hall–Kier alpha value is -2.48. The first kappa shape index (κ1) is 22.8. The smallest absolute Gasteiger partial charge is 0.260 e. The number of piperidine rings is 1. The van der Waals surface area contributed by atoms with Crippen molar-refractivity contribution in [2.45, 2.75) is 19.3 Å². The summed E-state index contributed by atoms with van der Waals surface area (Å²) in [4.78, 5) is 30.4. The maximum Gasteiger partial charge on any atom is 0.260 e. The van der Waals surface area contributed by atoms with Crippen molar-refractivity contribution in [2.75, 3.05) is 39.6 Å². The van der Waals surface area contributed by atoms with Gasteiger partial charge in [0.15, 0.2) is 6.61 Å². The minimum absolute atomic E-state index is 0.0116. The lowest BCUT2D eigenvalue weighted by molar-refractivity contribution is -0.137. The Bertz CT molecular complexity index is 713. The molecule has 0 atom stereocenters. The van der Waals surface area contributed by atoms with Crippen molar-refractivity contribution in [3.63, 3.8) is 0 Å². The number of hydrogen-bond donors (Lipinski definition) is 1. The predicted molar refractivity (Wildman–Crippen MR) is 117 cm³/mol. The molecule has 0 bridgehead atoms. The molecule has 0 unspecified atom stereocenters. The molecule has 2 rings (SSSR count). The van der Waals surface area contributed by atoms with E-state index >= 15 is 0 Å². The second-order valence-electron chi connectivity index (χ2n) is 6.66. The molecule has 0 radical (unpaired) electrons. The molecule has 1 aromatic carbocycles. The Morgan fingerprint density at radius 1 is 1.28 bits per heavy atom. The van der Waals surface area contributed by atoms with Gasteiger partial charge in [-0.3, -0.25) is 14.6 Å². The van der Waals surface area contributed by atoms with E-state index in [0.29, 0.717) is 44.6 Å². The molecule has 0 aliphatic carbocycles. The number of nitrogens with one attached hydrogen (secondary N) is 1. The Morgan fingerprint density at radius 3 is 2.52 bits per heavy atom. The number of carbonyl (C=O) groups is 2. The zero-order valence-corrected chi connectivity index (χ0v) is 17.9. The Balaban J connectivity index is 1.69. The monoisotopic (exact) mass is 419 g/mol. The highest BCUT2D eigenvalue weighted by atomic mass is 32.2. The highest BCUT2D eigenvalue weighted by Crippen LogP contribution is 2.19. The summed E-state index contributed by atoms with van der Waals surface area (Å²) >= 11 is 1.57. The van der Waals surface area contributed by atoms with Crippen molar-refractivity contribution < 1.29 is 19.1 Å². The van der Waals surface area contributed by atoms with Gasteiger partial charge in [-0.05, 0) is 55.5 Å². The molecule has 1 heterocycles. The van der Waals surface area contributed by atoms with Crippen LogP contribution in [-0.2, 0) is 9.59 Å². The maximum absolute atomic E-state index is 12.4. The second-order valence-corrected chi connectivity index (χ2v) is 7.37. The molecule has 0 spiro atoms. The van der Waals surface area contributed by atoms with Gasteiger partial charge in [0.2, 0.25) is 5.91 Å². The number of aliphatic imine (C=N–C) groups is 1. The summed E-state index contributed by atoms with van der Waals surface area (Å²) in [5.41, 5.74) is 0.870. The highest BCUT2D eigenvalue weighted by molar-refractivity contribution is 8.01. The van der Waals surface area contributed by atoms with Gasteiger partial charge in [-0.25, -0.2) is 0 Å². The van der Waals surface area contributed by atoms with Crippen molar-refractivity contribution >= 4 is 30.3 Å². The fraction of sp³-hybridized carbons (Fsp3) is 0.476. The molecule has 1 aliphatic rings. The summed E-state index contributed by atoms with van der Waals surface area (Å²) in [6.45, 7) is 5.19. The first-order valence-corrected chi connectivity index (χ1v) is 10.9. The third-order valence-corrected chi connectivity index (χ3v) is 5.29. The van der Waals surface area contributed by atoms with Gasteiger partial charge in [-0.2, -0.15) is 0 Å². The van der Waals surface area contributed by atoms with Gasteiger partial charge in [0.25, 0.3) is 5.91 Å². The van der Waals surface area contributed by atoms with Crippen molar-refractivity contribution in [1.29, 1.82) is 0 Å². The minimum atomic E-state index is -0.0661. The first-order chi connectivity index (χ1) is 14.1. The molecule has 29 heavy (non-hydrogen) atoms. The third kappa shape index (κ3) is 7.45. The lowest BCUT2D eigenvalue weighted by Gasteiger charge is -2.31. The largest absolute Gasteiger partial charge is 0.497 e. The summed E-state index contributed by atoms with van der Waals surface area (Å²) in [5, 5.41) is 4.89. The van der Waals surface area contributed by atoms with E-state index in [2.05, 4.69) is 17.0 Å². The quantitative estimate of drug-likeness (QED) is 0.590. The Morgan fingerprint density at radius 2 is 1.93 bits per heavy atom. The van der Waals surface area contributed by atoms with Crippen molar-refractivity contribution in [3.8, 4) is 11.5 Å². The number of ether oxygens (including phenoxy) is 2. The summed E-state index contributed by atoms with van der Waals surface area (Å²) in [5.74, 6) is 1.27. The van der Waals surface area contributed by atoms with Crippen LogP contribution in [0.5, 0.6) is 11.5 Å². The molecule has 1 saturated heterocycles. The number of amides is 2. The number of hydrogen-bond acceptors (Lipinski definition) is 6. The standard InChI is InChI=1S/C21H29N3O4S/c1-22-17(15-29-3)8-11-23-21(26)16-9-12-24(13-10-16)20(25)14-28-19-6-4-18(27-2)5-7-19/h4-7,15-16H,1,8-14H2,2-3H3,(H,23,26)/b17-15-. The van der Waals surface area contributed by atoms with Crippen LogP contribution in [0.2, 0.25) is 0 Å². The number of methoxy groups -OCH3 is 1.